The molecule has 1 unspecified atom stereocenters. The first kappa shape index (κ1) is 15.2. The van der Waals surface area contributed by atoms with Crippen molar-refractivity contribution in [1.82, 2.24) is 19.9 Å². The molecule has 0 saturated carbocycles. The number of hydrogen-bond donors (Lipinski definition) is 1. The molecule has 7 heteroatoms. The van der Waals surface area contributed by atoms with E-state index in [-0.39, 0.29) is 11.9 Å². The predicted molar refractivity (Wildman–Crippen MR) is 84.4 cm³/mol. The molecule has 0 aliphatic heterocycles. The highest BCUT2D eigenvalue weighted by Gasteiger charge is 2.17. The molecule has 2 aromatic heterocycles. The first-order chi connectivity index (χ1) is 11.0. The summed E-state index contributed by atoms with van der Waals surface area (Å²) in [5, 5.41) is 11.4. The second-order valence-electron chi connectivity index (χ2n) is 5.55. The lowest BCUT2D eigenvalue weighted by molar-refractivity contribution is 0.368. The summed E-state index contributed by atoms with van der Waals surface area (Å²) in [6, 6.07) is 4.69. The van der Waals surface area contributed by atoms with E-state index in [1.807, 2.05) is 20.9 Å². The monoisotopic (exact) mass is 315 g/mol. The second kappa shape index (κ2) is 5.83. The molecule has 0 aliphatic rings. The Hall–Kier alpha value is -2.70. The number of nitrogens with one attached hydrogen (secondary N) is 1. The van der Waals surface area contributed by atoms with Gasteiger partial charge in [0.05, 0.1) is 17.6 Å². The molecule has 1 atom stereocenters. The van der Waals surface area contributed by atoms with Crippen LogP contribution in [-0.2, 0) is 7.05 Å². The van der Waals surface area contributed by atoms with Crippen molar-refractivity contribution in [2.75, 3.05) is 5.32 Å². The van der Waals surface area contributed by atoms with Gasteiger partial charge in [-0.1, -0.05) is 17.3 Å². The van der Waals surface area contributed by atoms with E-state index in [1.165, 1.54) is 6.07 Å². The van der Waals surface area contributed by atoms with Crippen molar-refractivity contribution >= 4 is 5.69 Å². The van der Waals surface area contributed by atoms with Gasteiger partial charge in [0.2, 0.25) is 11.7 Å². The van der Waals surface area contributed by atoms with Crippen LogP contribution in [0, 0.1) is 19.7 Å². The van der Waals surface area contributed by atoms with Gasteiger partial charge < -0.3 is 9.84 Å². The van der Waals surface area contributed by atoms with Crippen molar-refractivity contribution in [1.29, 1.82) is 0 Å². The van der Waals surface area contributed by atoms with Crippen molar-refractivity contribution in [3.05, 3.63) is 47.4 Å². The fraction of sp³-hybridized carbons (Fsp3) is 0.312. The predicted octanol–water partition coefficient (Wildman–Crippen LogP) is 3.40. The maximum Gasteiger partial charge on any atom is 0.249 e. The highest BCUT2D eigenvalue weighted by Crippen LogP contribution is 2.24. The Morgan fingerprint density at radius 3 is 2.74 bits per heavy atom. The van der Waals surface area contributed by atoms with E-state index in [2.05, 4.69) is 20.6 Å². The average Bonchev–Trinajstić information content (AvgIpc) is 3.13. The van der Waals surface area contributed by atoms with Gasteiger partial charge in [-0.3, -0.25) is 4.68 Å². The van der Waals surface area contributed by atoms with Gasteiger partial charge in [-0.25, -0.2) is 4.39 Å². The third-order valence-corrected chi connectivity index (χ3v) is 3.85. The first-order valence-electron chi connectivity index (χ1n) is 7.31. The van der Waals surface area contributed by atoms with Gasteiger partial charge in [-0.05, 0) is 32.4 Å². The molecule has 0 aliphatic carbocycles. The molecular weight excluding hydrogens is 297 g/mol. The number of anilines is 1. The summed E-state index contributed by atoms with van der Waals surface area (Å²) in [5.74, 6) is 0.519. The van der Waals surface area contributed by atoms with E-state index >= 15 is 0 Å². The number of aromatic nitrogens is 4. The van der Waals surface area contributed by atoms with Crippen LogP contribution in [0.5, 0.6) is 0 Å². The maximum absolute atomic E-state index is 13.7. The van der Waals surface area contributed by atoms with Crippen LogP contribution in [0.3, 0.4) is 0 Å². The van der Waals surface area contributed by atoms with Crippen LogP contribution in [0.4, 0.5) is 10.1 Å². The smallest absolute Gasteiger partial charge is 0.249 e. The molecule has 6 nitrogen and oxygen atoms in total. The van der Waals surface area contributed by atoms with Crippen LogP contribution < -0.4 is 5.32 Å². The summed E-state index contributed by atoms with van der Waals surface area (Å²) < 4.78 is 20.7. The van der Waals surface area contributed by atoms with Gasteiger partial charge in [0, 0.05) is 12.6 Å². The maximum atomic E-state index is 13.7. The molecular formula is C16H18FN5O. The zero-order valence-corrected chi connectivity index (χ0v) is 13.5. The van der Waals surface area contributed by atoms with Crippen LogP contribution in [0.25, 0.3) is 11.4 Å². The van der Waals surface area contributed by atoms with E-state index in [0.29, 0.717) is 22.8 Å². The zero-order valence-electron chi connectivity index (χ0n) is 13.5. The Kier molecular flexibility index (Phi) is 3.85. The van der Waals surface area contributed by atoms with Crippen LogP contribution in [0.2, 0.25) is 0 Å². The van der Waals surface area contributed by atoms with Gasteiger partial charge in [0.15, 0.2) is 0 Å². The van der Waals surface area contributed by atoms with Crippen LogP contribution in [0.15, 0.2) is 28.9 Å². The van der Waals surface area contributed by atoms with E-state index in [0.717, 1.165) is 11.4 Å². The molecule has 0 fully saturated rings. The summed E-state index contributed by atoms with van der Waals surface area (Å²) in [7, 11) is 1.88. The lowest BCUT2D eigenvalue weighted by Crippen LogP contribution is -2.07. The zero-order chi connectivity index (χ0) is 16.6. The minimum Gasteiger partial charge on any atom is -0.371 e. The fourth-order valence-corrected chi connectivity index (χ4v) is 2.20. The Morgan fingerprint density at radius 1 is 1.30 bits per heavy atom. The molecule has 120 valence electrons. The number of aryl methyl sites for hydroxylation is 2. The fourth-order valence-electron chi connectivity index (χ4n) is 2.20. The molecule has 23 heavy (non-hydrogen) atoms. The lowest BCUT2D eigenvalue weighted by Gasteiger charge is -2.10. The van der Waals surface area contributed by atoms with Gasteiger partial charge in [0.1, 0.15) is 11.9 Å². The third kappa shape index (κ3) is 2.94. The molecule has 1 aromatic carbocycles. The van der Waals surface area contributed by atoms with Crippen molar-refractivity contribution in [2.45, 2.75) is 26.8 Å². The van der Waals surface area contributed by atoms with Gasteiger partial charge in [-0.2, -0.15) is 10.1 Å². The largest absolute Gasteiger partial charge is 0.371 e. The minimum atomic E-state index is -0.286. The summed E-state index contributed by atoms with van der Waals surface area (Å²) in [4.78, 5) is 4.35. The molecule has 2 heterocycles. The number of halogens is 1. The van der Waals surface area contributed by atoms with E-state index in [1.54, 1.807) is 29.9 Å². The molecule has 3 rings (SSSR count). The van der Waals surface area contributed by atoms with Gasteiger partial charge in [-0.15, -0.1) is 0 Å². The topological polar surface area (TPSA) is 68.8 Å². The molecule has 0 amide bonds. The molecule has 3 aromatic rings. The molecule has 0 radical (unpaired) electrons. The average molecular weight is 315 g/mol. The number of hydrogen-bond acceptors (Lipinski definition) is 5. The highest BCUT2D eigenvalue weighted by atomic mass is 19.1. The van der Waals surface area contributed by atoms with Crippen molar-refractivity contribution in [2.24, 2.45) is 7.05 Å². The van der Waals surface area contributed by atoms with Crippen molar-refractivity contribution < 1.29 is 8.91 Å². The van der Waals surface area contributed by atoms with E-state index < -0.39 is 0 Å². The summed E-state index contributed by atoms with van der Waals surface area (Å²) in [6.45, 7) is 5.60. The first-order valence-corrected chi connectivity index (χ1v) is 7.31. The van der Waals surface area contributed by atoms with Crippen LogP contribution in [0.1, 0.15) is 30.1 Å². The van der Waals surface area contributed by atoms with Gasteiger partial charge >= 0.3 is 0 Å². The molecule has 1 N–H and O–H groups in total. The lowest BCUT2D eigenvalue weighted by atomic mass is 10.1. The quantitative estimate of drug-likeness (QED) is 0.799. The van der Waals surface area contributed by atoms with Crippen LogP contribution in [-0.4, -0.2) is 19.9 Å². The molecule has 0 spiro atoms. The Balaban J connectivity index is 1.80. The normalized spacial score (nSPS) is 12.4. The molecule has 0 saturated heterocycles. The minimum absolute atomic E-state index is 0.186. The summed E-state index contributed by atoms with van der Waals surface area (Å²) in [5.41, 5.74) is 3.09. The standard InChI is InChI=1S/C16H18FN5O/c1-9-5-6-12(7-13(9)17)15-20-16(23-21-15)10(2)19-14-8-18-22(4)11(14)3/h5-8,10,19H,1-4H3. The number of nitrogens with zero attached hydrogens (tertiary/aromatic N) is 4. The third-order valence-electron chi connectivity index (χ3n) is 3.85. The highest BCUT2D eigenvalue weighted by molar-refractivity contribution is 5.55. The Bertz CT molecular complexity index is 839. The van der Waals surface area contributed by atoms with Crippen molar-refractivity contribution in [3.63, 3.8) is 0 Å². The van der Waals surface area contributed by atoms with Crippen LogP contribution >= 0.6 is 0 Å². The molecule has 0 bridgehead atoms. The van der Waals surface area contributed by atoms with Gasteiger partial charge in [0.25, 0.3) is 0 Å². The summed E-state index contributed by atoms with van der Waals surface area (Å²) >= 11 is 0. The second-order valence-corrected chi connectivity index (χ2v) is 5.55. The Morgan fingerprint density at radius 2 is 2.09 bits per heavy atom. The van der Waals surface area contributed by atoms with Crippen molar-refractivity contribution in [3.8, 4) is 11.4 Å². The summed E-state index contributed by atoms with van der Waals surface area (Å²) in [6.07, 6.45) is 1.75. The Labute approximate surface area is 133 Å². The SMILES string of the molecule is Cc1ccc(-c2noc(C(C)Nc3cnn(C)c3C)n2)cc1F. The van der Waals surface area contributed by atoms with E-state index in [9.17, 15) is 4.39 Å². The van der Waals surface area contributed by atoms with E-state index in [4.69, 9.17) is 4.52 Å². The number of benzene rings is 1. The number of rotatable bonds is 4.